The maximum Gasteiger partial charge on any atom is 0.254 e. The van der Waals surface area contributed by atoms with Crippen LogP contribution in [0.1, 0.15) is 34.7 Å². The van der Waals surface area contributed by atoms with Gasteiger partial charge in [0.15, 0.2) is 0 Å². The van der Waals surface area contributed by atoms with Crippen molar-refractivity contribution in [3.63, 3.8) is 0 Å². The predicted molar refractivity (Wildman–Crippen MR) is 130 cm³/mol. The quantitative estimate of drug-likeness (QED) is 0.529. The van der Waals surface area contributed by atoms with Crippen LogP contribution in [0.2, 0.25) is 0 Å². The van der Waals surface area contributed by atoms with Gasteiger partial charge < -0.3 is 9.88 Å². The fraction of sp³-hybridized carbons (Fsp3) is 0.458. The molecule has 1 N–H and O–H groups in total. The molecule has 1 unspecified atom stereocenters. The third-order valence-electron chi connectivity index (χ3n) is 5.98. The lowest BCUT2D eigenvalue weighted by molar-refractivity contribution is 0.196. The van der Waals surface area contributed by atoms with E-state index in [1.807, 2.05) is 35.2 Å². The smallest absolute Gasteiger partial charge is 0.254 e. The molecule has 31 heavy (non-hydrogen) atoms. The van der Waals surface area contributed by atoms with Crippen LogP contribution in [0.3, 0.4) is 0 Å². The van der Waals surface area contributed by atoms with E-state index in [4.69, 9.17) is 0 Å². The predicted octanol–water partition coefficient (Wildman–Crippen LogP) is 4.05. The number of aromatic amines is 1. The second kappa shape index (κ2) is 11.1. The Morgan fingerprint density at radius 2 is 2.10 bits per heavy atom. The van der Waals surface area contributed by atoms with E-state index in [0.29, 0.717) is 17.9 Å². The Morgan fingerprint density at radius 3 is 2.77 bits per heavy atom. The van der Waals surface area contributed by atoms with Crippen molar-refractivity contribution in [1.82, 2.24) is 19.9 Å². The Kier molecular flexibility index (Phi) is 7.94. The molecule has 0 amide bonds. The van der Waals surface area contributed by atoms with Crippen LogP contribution in [0.25, 0.3) is 0 Å². The Hall–Kier alpha value is -1.96. The molecule has 164 valence electrons. The third-order valence-corrected chi connectivity index (χ3v) is 8.02. The minimum absolute atomic E-state index is 0.0375. The summed E-state index contributed by atoms with van der Waals surface area (Å²) in [7, 11) is 0. The van der Waals surface area contributed by atoms with Crippen LogP contribution < -0.4 is 5.56 Å². The van der Waals surface area contributed by atoms with E-state index in [2.05, 4.69) is 43.6 Å². The van der Waals surface area contributed by atoms with E-state index < -0.39 is 0 Å². The van der Waals surface area contributed by atoms with Crippen molar-refractivity contribution in [2.75, 3.05) is 25.9 Å². The highest BCUT2D eigenvalue weighted by Crippen LogP contribution is 2.24. The summed E-state index contributed by atoms with van der Waals surface area (Å²) in [6, 6.07) is 8.21. The zero-order valence-corrected chi connectivity index (χ0v) is 19.6. The fourth-order valence-corrected chi connectivity index (χ4v) is 5.79. The van der Waals surface area contributed by atoms with Gasteiger partial charge in [-0.3, -0.25) is 9.78 Å². The SMILES string of the molecule is CSC1CCN(CC(Cc2ncc(Cc3cccnc3)c(=O)[nH]2)Cc2cccs2)CC1. The summed E-state index contributed by atoms with van der Waals surface area (Å²) in [5.74, 6) is 1.23. The molecule has 5 nitrogen and oxygen atoms in total. The van der Waals surface area contributed by atoms with E-state index in [1.54, 1.807) is 18.6 Å². The molecule has 1 fully saturated rings. The largest absolute Gasteiger partial charge is 0.310 e. The molecule has 0 spiro atoms. The number of likely N-dealkylation sites (tertiary alicyclic amines) is 1. The van der Waals surface area contributed by atoms with Crippen molar-refractivity contribution in [3.05, 3.63) is 80.4 Å². The molecule has 4 rings (SSSR count). The lowest BCUT2D eigenvalue weighted by Gasteiger charge is -2.33. The van der Waals surface area contributed by atoms with E-state index >= 15 is 0 Å². The Labute approximate surface area is 192 Å². The molecule has 0 aromatic carbocycles. The van der Waals surface area contributed by atoms with Crippen molar-refractivity contribution in [2.24, 2.45) is 5.92 Å². The fourth-order valence-electron chi connectivity index (χ4n) is 4.29. The highest BCUT2D eigenvalue weighted by molar-refractivity contribution is 7.99. The Balaban J connectivity index is 1.43. The van der Waals surface area contributed by atoms with Crippen LogP contribution in [0.5, 0.6) is 0 Å². The summed E-state index contributed by atoms with van der Waals surface area (Å²) < 4.78 is 0. The first-order valence-electron chi connectivity index (χ1n) is 10.9. The molecule has 7 heteroatoms. The highest BCUT2D eigenvalue weighted by Gasteiger charge is 2.22. The Bertz CT molecular complexity index is 982. The average molecular weight is 455 g/mol. The van der Waals surface area contributed by atoms with Crippen molar-refractivity contribution < 1.29 is 0 Å². The van der Waals surface area contributed by atoms with E-state index in [-0.39, 0.29) is 5.56 Å². The lowest BCUT2D eigenvalue weighted by atomic mass is 9.97. The number of thiophene rings is 1. The number of piperidine rings is 1. The molecule has 0 aliphatic carbocycles. The van der Waals surface area contributed by atoms with Gasteiger partial charge >= 0.3 is 0 Å². The molecule has 0 saturated carbocycles. The molecule has 3 aromatic heterocycles. The number of thioether (sulfide) groups is 1. The topological polar surface area (TPSA) is 61.9 Å². The maximum absolute atomic E-state index is 12.7. The first kappa shape index (κ1) is 22.2. The summed E-state index contributed by atoms with van der Waals surface area (Å²) >= 11 is 3.81. The van der Waals surface area contributed by atoms with Gasteiger partial charge in [0.2, 0.25) is 0 Å². The van der Waals surface area contributed by atoms with Gasteiger partial charge in [-0.05, 0) is 67.6 Å². The molecule has 1 aliphatic heterocycles. The van der Waals surface area contributed by atoms with Gasteiger partial charge in [-0.15, -0.1) is 11.3 Å². The summed E-state index contributed by atoms with van der Waals surface area (Å²) in [5.41, 5.74) is 1.67. The average Bonchev–Trinajstić information content (AvgIpc) is 3.30. The van der Waals surface area contributed by atoms with Crippen molar-refractivity contribution in [2.45, 2.75) is 37.4 Å². The first-order valence-corrected chi connectivity index (χ1v) is 13.1. The summed E-state index contributed by atoms with van der Waals surface area (Å²) in [4.78, 5) is 28.5. The van der Waals surface area contributed by atoms with Crippen LogP contribution in [0.4, 0.5) is 0 Å². The zero-order valence-electron chi connectivity index (χ0n) is 18.0. The van der Waals surface area contributed by atoms with Gasteiger partial charge in [0, 0.05) is 53.7 Å². The monoisotopic (exact) mass is 454 g/mol. The van der Waals surface area contributed by atoms with Crippen LogP contribution >= 0.6 is 23.1 Å². The minimum Gasteiger partial charge on any atom is -0.310 e. The number of hydrogen-bond acceptors (Lipinski definition) is 6. The number of aromatic nitrogens is 3. The van der Waals surface area contributed by atoms with Crippen LogP contribution in [0.15, 0.2) is 53.0 Å². The number of H-pyrrole nitrogens is 1. The van der Waals surface area contributed by atoms with Gasteiger partial charge in [-0.2, -0.15) is 11.8 Å². The normalized spacial score (nSPS) is 16.4. The maximum atomic E-state index is 12.7. The lowest BCUT2D eigenvalue weighted by Crippen LogP contribution is -2.39. The molecule has 3 aromatic rings. The number of pyridine rings is 1. The number of nitrogens with one attached hydrogen (secondary N) is 1. The van der Waals surface area contributed by atoms with E-state index in [9.17, 15) is 4.79 Å². The number of hydrogen-bond donors (Lipinski definition) is 1. The van der Waals surface area contributed by atoms with Gasteiger partial charge in [0.25, 0.3) is 5.56 Å². The second-order valence-corrected chi connectivity index (χ2v) is 10.5. The van der Waals surface area contributed by atoms with Gasteiger partial charge in [-0.25, -0.2) is 4.98 Å². The first-order chi connectivity index (χ1) is 15.2. The van der Waals surface area contributed by atoms with Crippen LogP contribution in [0, 0.1) is 5.92 Å². The molecule has 1 saturated heterocycles. The van der Waals surface area contributed by atoms with Crippen LogP contribution in [-0.4, -0.2) is 51.0 Å². The molecule has 1 atom stereocenters. The molecule has 0 bridgehead atoms. The molecule has 4 heterocycles. The second-order valence-electron chi connectivity index (χ2n) is 8.31. The Morgan fingerprint density at radius 1 is 1.23 bits per heavy atom. The van der Waals surface area contributed by atoms with Gasteiger partial charge in [-0.1, -0.05) is 12.1 Å². The van der Waals surface area contributed by atoms with Crippen molar-refractivity contribution >= 4 is 23.1 Å². The molecular formula is C24H30N4OS2. The van der Waals surface area contributed by atoms with Crippen molar-refractivity contribution in [3.8, 4) is 0 Å². The third kappa shape index (κ3) is 6.51. The summed E-state index contributed by atoms with van der Waals surface area (Å²) in [6.45, 7) is 3.39. The minimum atomic E-state index is -0.0375. The molecule has 1 aliphatic rings. The molecule has 0 radical (unpaired) electrons. The summed E-state index contributed by atoms with van der Waals surface area (Å²) in [6.07, 6.45) is 12.4. The van der Waals surface area contributed by atoms with Crippen LogP contribution in [-0.2, 0) is 19.3 Å². The zero-order chi connectivity index (χ0) is 21.5. The van der Waals surface area contributed by atoms with Gasteiger partial charge in [0.1, 0.15) is 5.82 Å². The summed E-state index contributed by atoms with van der Waals surface area (Å²) in [5, 5.41) is 2.95. The van der Waals surface area contributed by atoms with Gasteiger partial charge in [0.05, 0.1) is 0 Å². The number of nitrogens with zero attached hydrogens (tertiary/aromatic N) is 3. The highest BCUT2D eigenvalue weighted by atomic mass is 32.2. The van der Waals surface area contributed by atoms with E-state index in [1.165, 1.54) is 30.8 Å². The van der Waals surface area contributed by atoms with Crippen molar-refractivity contribution in [1.29, 1.82) is 0 Å². The van der Waals surface area contributed by atoms with E-state index in [0.717, 1.165) is 36.0 Å². The standard InChI is InChI=1S/C24H30N4OS2/c1-30-21-6-9-28(10-7-21)17-19(13-22-5-3-11-31-22)14-23-26-16-20(24(29)27-23)12-18-4-2-8-25-15-18/h2-5,8,11,15-16,19,21H,6-7,9-10,12-14,17H2,1H3,(H,26,27,29). The molecular weight excluding hydrogens is 424 g/mol. The number of rotatable bonds is 9.